The Morgan fingerprint density at radius 2 is 1.96 bits per heavy atom. The van der Waals surface area contributed by atoms with Crippen LogP contribution in [0.15, 0.2) is 47.4 Å². The highest BCUT2D eigenvalue weighted by atomic mass is 19.3. The molecule has 28 heavy (non-hydrogen) atoms. The fourth-order valence-corrected chi connectivity index (χ4v) is 2.67. The van der Waals surface area contributed by atoms with Gasteiger partial charge >= 0.3 is 6.61 Å². The van der Waals surface area contributed by atoms with Crippen molar-refractivity contribution in [2.45, 2.75) is 33.4 Å². The average Bonchev–Trinajstić information content (AvgIpc) is 2.66. The number of alkyl halides is 2. The summed E-state index contributed by atoms with van der Waals surface area (Å²) >= 11 is 0. The van der Waals surface area contributed by atoms with Crippen LogP contribution in [0.25, 0.3) is 11.4 Å². The quantitative estimate of drug-likeness (QED) is 0.663. The summed E-state index contributed by atoms with van der Waals surface area (Å²) in [6.45, 7) is 2.53. The third kappa shape index (κ3) is 4.51. The van der Waals surface area contributed by atoms with Crippen molar-refractivity contribution in [2.75, 3.05) is 5.32 Å². The van der Waals surface area contributed by atoms with Crippen molar-refractivity contribution in [3.8, 4) is 17.1 Å². The van der Waals surface area contributed by atoms with Gasteiger partial charge in [0.1, 0.15) is 17.4 Å². The molecule has 0 amide bonds. The van der Waals surface area contributed by atoms with Crippen molar-refractivity contribution in [1.82, 2.24) is 15.0 Å². The van der Waals surface area contributed by atoms with Gasteiger partial charge in [0, 0.05) is 23.0 Å². The van der Waals surface area contributed by atoms with Crippen LogP contribution in [-0.4, -0.2) is 21.6 Å². The van der Waals surface area contributed by atoms with E-state index in [-0.39, 0.29) is 17.4 Å². The minimum Gasteiger partial charge on any atom is -0.435 e. The lowest BCUT2D eigenvalue weighted by Gasteiger charge is -2.16. The number of halogens is 2. The van der Waals surface area contributed by atoms with Crippen molar-refractivity contribution in [1.29, 1.82) is 0 Å². The smallest absolute Gasteiger partial charge is 0.387 e. The van der Waals surface area contributed by atoms with Crippen LogP contribution >= 0.6 is 0 Å². The number of ether oxygens (including phenoxy) is 1. The van der Waals surface area contributed by atoms with Gasteiger partial charge in [0.15, 0.2) is 0 Å². The number of hydrogen-bond donors (Lipinski definition) is 2. The first-order valence-electron chi connectivity index (χ1n) is 8.68. The zero-order chi connectivity index (χ0) is 20.3. The molecular formula is C20H20F2N4O2. The normalized spacial score (nSPS) is 12.1. The predicted molar refractivity (Wildman–Crippen MR) is 103 cm³/mol. The van der Waals surface area contributed by atoms with Crippen molar-refractivity contribution in [2.24, 2.45) is 0 Å². The number of aryl methyl sites for hydroxylation is 1. The standard InChI is InChI=1S/C20H20F2N4O2/c1-11-12(2)25-18(26-19(11)27)15-7-8-17(23-10-15)24-13(3)14-5-4-6-16(9-14)28-20(21)22/h4-10,13,20H,1-3H3,(H,23,24)(H,25,26,27). The molecule has 1 unspecified atom stereocenters. The van der Waals surface area contributed by atoms with E-state index in [4.69, 9.17) is 0 Å². The maximum atomic E-state index is 12.4. The van der Waals surface area contributed by atoms with E-state index >= 15 is 0 Å². The van der Waals surface area contributed by atoms with Crippen molar-refractivity contribution < 1.29 is 13.5 Å². The first-order chi connectivity index (χ1) is 13.3. The van der Waals surface area contributed by atoms with Crippen LogP contribution in [0.5, 0.6) is 5.75 Å². The Labute approximate surface area is 160 Å². The highest BCUT2D eigenvalue weighted by Gasteiger charge is 2.11. The van der Waals surface area contributed by atoms with Gasteiger partial charge in [-0.15, -0.1) is 0 Å². The van der Waals surface area contributed by atoms with E-state index in [0.29, 0.717) is 28.5 Å². The molecule has 8 heteroatoms. The summed E-state index contributed by atoms with van der Waals surface area (Å²) in [5, 5.41) is 3.20. The van der Waals surface area contributed by atoms with Crippen LogP contribution < -0.4 is 15.6 Å². The molecule has 3 rings (SSSR count). The monoisotopic (exact) mass is 386 g/mol. The molecule has 2 aromatic heterocycles. The van der Waals surface area contributed by atoms with Crippen LogP contribution in [0.2, 0.25) is 0 Å². The van der Waals surface area contributed by atoms with Crippen LogP contribution in [0, 0.1) is 13.8 Å². The number of rotatable bonds is 6. The number of aromatic nitrogens is 3. The van der Waals surface area contributed by atoms with Crippen LogP contribution in [-0.2, 0) is 0 Å². The molecule has 146 valence electrons. The maximum Gasteiger partial charge on any atom is 0.387 e. The van der Waals surface area contributed by atoms with E-state index in [1.54, 1.807) is 44.3 Å². The number of benzene rings is 1. The molecule has 0 fully saturated rings. The molecule has 2 N–H and O–H groups in total. The maximum absolute atomic E-state index is 12.4. The van der Waals surface area contributed by atoms with Gasteiger partial charge in [-0.2, -0.15) is 8.78 Å². The topological polar surface area (TPSA) is 79.9 Å². The molecular weight excluding hydrogens is 366 g/mol. The average molecular weight is 386 g/mol. The molecule has 0 aliphatic rings. The summed E-state index contributed by atoms with van der Waals surface area (Å²) in [5.41, 5.74) is 2.54. The summed E-state index contributed by atoms with van der Waals surface area (Å²) in [5.74, 6) is 1.16. The van der Waals surface area contributed by atoms with Crippen LogP contribution in [0.3, 0.4) is 0 Å². The highest BCUT2D eigenvalue weighted by molar-refractivity contribution is 5.56. The van der Waals surface area contributed by atoms with E-state index in [1.807, 2.05) is 13.0 Å². The van der Waals surface area contributed by atoms with Gasteiger partial charge in [0.2, 0.25) is 0 Å². The first-order valence-corrected chi connectivity index (χ1v) is 8.68. The summed E-state index contributed by atoms with van der Waals surface area (Å²) in [7, 11) is 0. The number of aromatic amines is 1. The zero-order valence-corrected chi connectivity index (χ0v) is 15.7. The number of pyridine rings is 1. The van der Waals surface area contributed by atoms with Gasteiger partial charge in [-0.25, -0.2) is 9.97 Å². The summed E-state index contributed by atoms with van der Waals surface area (Å²) < 4.78 is 29.2. The number of anilines is 1. The Hall–Kier alpha value is -3.29. The van der Waals surface area contributed by atoms with Crippen LogP contribution in [0.4, 0.5) is 14.6 Å². The van der Waals surface area contributed by atoms with E-state index < -0.39 is 6.61 Å². The van der Waals surface area contributed by atoms with Crippen molar-refractivity contribution >= 4 is 5.82 Å². The molecule has 2 heterocycles. The zero-order valence-electron chi connectivity index (χ0n) is 15.7. The Balaban J connectivity index is 1.75. The van der Waals surface area contributed by atoms with Crippen molar-refractivity contribution in [3.63, 3.8) is 0 Å². The van der Waals surface area contributed by atoms with E-state index in [2.05, 4.69) is 25.0 Å². The fourth-order valence-electron chi connectivity index (χ4n) is 2.67. The Kier molecular flexibility index (Phi) is 5.67. The predicted octanol–water partition coefficient (Wildman–Crippen LogP) is 4.22. The number of H-pyrrole nitrogens is 1. The van der Waals surface area contributed by atoms with Gasteiger partial charge in [0.05, 0.1) is 6.04 Å². The lowest BCUT2D eigenvalue weighted by Crippen LogP contribution is -2.14. The molecule has 1 atom stereocenters. The molecule has 0 saturated carbocycles. The molecule has 0 spiro atoms. The van der Waals surface area contributed by atoms with E-state index in [9.17, 15) is 13.6 Å². The van der Waals surface area contributed by atoms with Crippen molar-refractivity contribution in [3.05, 3.63) is 69.8 Å². The summed E-state index contributed by atoms with van der Waals surface area (Å²) in [4.78, 5) is 23.4. The Morgan fingerprint density at radius 3 is 2.61 bits per heavy atom. The fraction of sp³-hybridized carbons (Fsp3) is 0.250. The largest absolute Gasteiger partial charge is 0.435 e. The summed E-state index contributed by atoms with van der Waals surface area (Å²) in [6, 6.07) is 9.89. The highest BCUT2D eigenvalue weighted by Crippen LogP contribution is 2.24. The molecule has 0 aliphatic carbocycles. The van der Waals surface area contributed by atoms with E-state index in [0.717, 1.165) is 5.56 Å². The lowest BCUT2D eigenvalue weighted by atomic mass is 10.1. The molecule has 3 aromatic rings. The van der Waals surface area contributed by atoms with Gasteiger partial charge in [-0.05, 0) is 50.6 Å². The molecule has 0 aliphatic heterocycles. The molecule has 0 bridgehead atoms. The first kappa shape index (κ1) is 19.5. The SMILES string of the molecule is Cc1nc(-c2ccc(NC(C)c3cccc(OC(F)F)c3)nc2)[nH]c(=O)c1C. The van der Waals surface area contributed by atoms with Gasteiger partial charge in [-0.1, -0.05) is 12.1 Å². The third-order valence-electron chi connectivity index (χ3n) is 4.38. The number of nitrogens with zero attached hydrogens (tertiary/aromatic N) is 2. The Morgan fingerprint density at radius 1 is 1.18 bits per heavy atom. The van der Waals surface area contributed by atoms with Gasteiger partial charge in [-0.3, -0.25) is 4.79 Å². The number of nitrogens with one attached hydrogen (secondary N) is 2. The second kappa shape index (κ2) is 8.16. The molecule has 0 saturated heterocycles. The van der Waals surface area contributed by atoms with Gasteiger partial charge < -0.3 is 15.0 Å². The second-order valence-electron chi connectivity index (χ2n) is 6.37. The Bertz CT molecular complexity index is 1020. The van der Waals surface area contributed by atoms with E-state index in [1.165, 1.54) is 6.07 Å². The number of hydrogen-bond acceptors (Lipinski definition) is 5. The summed E-state index contributed by atoms with van der Waals surface area (Å²) in [6.07, 6.45) is 1.61. The molecule has 6 nitrogen and oxygen atoms in total. The third-order valence-corrected chi connectivity index (χ3v) is 4.38. The minimum atomic E-state index is -2.86. The molecule has 1 aromatic carbocycles. The minimum absolute atomic E-state index is 0.106. The van der Waals surface area contributed by atoms with Gasteiger partial charge in [0.25, 0.3) is 5.56 Å². The van der Waals surface area contributed by atoms with Crippen LogP contribution in [0.1, 0.15) is 29.8 Å². The lowest BCUT2D eigenvalue weighted by molar-refractivity contribution is -0.0498. The second-order valence-corrected chi connectivity index (χ2v) is 6.37. The molecule has 0 radical (unpaired) electrons.